The number of benzene rings is 1. The van der Waals surface area contributed by atoms with Gasteiger partial charge >= 0.3 is 5.97 Å². The highest BCUT2D eigenvalue weighted by Gasteiger charge is 2.32. The minimum Gasteiger partial charge on any atom is -0.493 e. The first-order valence-corrected chi connectivity index (χ1v) is 5.57. The highest BCUT2D eigenvalue weighted by atomic mass is 16.5. The highest BCUT2D eigenvalue weighted by molar-refractivity contribution is 5.73. The second-order valence-electron chi connectivity index (χ2n) is 4.12. The Hall–Kier alpha value is -1.71. The van der Waals surface area contributed by atoms with Crippen LogP contribution in [0.5, 0.6) is 11.5 Å². The first-order chi connectivity index (χ1) is 8.15. The van der Waals surface area contributed by atoms with Crippen molar-refractivity contribution in [2.75, 3.05) is 14.2 Å². The van der Waals surface area contributed by atoms with Crippen molar-refractivity contribution in [3.63, 3.8) is 0 Å². The first-order valence-electron chi connectivity index (χ1n) is 5.57. The molecule has 92 valence electrons. The van der Waals surface area contributed by atoms with Crippen molar-refractivity contribution in [3.05, 3.63) is 23.8 Å². The maximum absolute atomic E-state index is 11.2. The van der Waals surface area contributed by atoms with E-state index in [-0.39, 0.29) is 18.0 Å². The average molecular weight is 236 g/mol. The molecule has 0 amide bonds. The van der Waals surface area contributed by atoms with Crippen molar-refractivity contribution in [2.45, 2.75) is 25.4 Å². The molecule has 0 spiro atoms. The summed E-state index contributed by atoms with van der Waals surface area (Å²) in [7, 11) is 3.20. The fraction of sp³-hybridized carbons (Fsp3) is 0.462. The fourth-order valence-corrected chi connectivity index (χ4v) is 2.16. The van der Waals surface area contributed by atoms with Gasteiger partial charge in [-0.25, -0.2) is 0 Å². The lowest BCUT2D eigenvalue weighted by Gasteiger charge is -2.15. The first kappa shape index (κ1) is 11.8. The minimum atomic E-state index is -0.141. The Kier molecular flexibility index (Phi) is 3.22. The van der Waals surface area contributed by atoms with Crippen LogP contribution in [0.3, 0.4) is 0 Å². The molecule has 0 saturated carbocycles. The number of methoxy groups -OCH3 is 2. The lowest BCUT2D eigenvalue weighted by molar-refractivity contribution is -0.140. The van der Waals surface area contributed by atoms with Crippen molar-refractivity contribution in [2.24, 2.45) is 0 Å². The van der Waals surface area contributed by atoms with Crippen LogP contribution in [0, 0.1) is 0 Å². The van der Waals surface area contributed by atoms with Crippen LogP contribution in [0.15, 0.2) is 18.2 Å². The van der Waals surface area contributed by atoms with E-state index in [1.807, 2.05) is 25.1 Å². The third kappa shape index (κ3) is 2.20. The summed E-state index contributed by atoms with van der Waals surface area (Å²) in [5.74, 6) is 1.32. The number of hydrogen-bond acceptors (Lipinski definition) is 4. The normalized spacial score (nSPS) is 23.4. The smallest absolute Gasteiger partial charge is 0.306 e. The van der Waals surface area contributed by atoms with Crippen molar-refractivity contribution in [1.82, 2.24) is 0 Å². The van der Waals surface area contributed by atoms with Crippen LogP contribution in [0.2, 0.25) is 0 Å². The van der Waals surface area contributed by atoms with Gasteiger partial charge in [-0.3, -0.25) is 4.79 Å². The summed E-state index contributed by atoms with van der Waals surface area (Å²) in [5.41, 5.74) is 1.04. The van der Waals surface area contributed by atoms with Gasteiger partial charge in [0.25, 0.3) is 0 Å². The molecule has 4 nitrogen and oxygen atoms in total. The van der Waals surface area contributed by atoms with E-state index >= 15 is 0 Å². The molecule has 0 aromatic heterocycles. The largest absolute Gasteiger partial charge is 0.493 e. The molecule has 0 aliphatic carbocycles. The van der Waals surface area contributed by atoms with Gasteiger partial charge in [-0.2, -0.15) is 0 Å². The Morgan fingerprint density at radius 1 is 1.24 bits per heavy atom. The average Bonchev–Trinajstić information content (AvgIpc) is 2.67. The quantitative estimate of drug-likeness (QED) is 0.754. The van der Waals surface area contributed by atoms with E-state index in [1.165, 1.54) is 0 Å². The Morgan fingerprint density at radius 2 is 1.94 bits per heavy atom. The van der Waals surface area contributed by atoms with E-state index in [2.05, 4.69) is 0 Å². The van der Waals surface area contributed by atoms with Gasteiger partial charge in [0.15, 0.2) is 11.5 Å². The van der Waals surface area contributed by atoms with Gasteiger partial charge in [0.1, 0.15) is 6.10 Å². The van der Waals surface area contributed by atoms with Gasteiger partial charge in [0.05, 0.1) is 20.6 Å². The number of cyclic esters (lactones) is 1. The molecular weight excluding hydrogens is 220 g/mol. The van der Waals surface area contributed by atoms with Gasteiger partial charge < -0.3 is 14.2 Å². The zero-order chi connectivity index (χ0) is 12.4. The van der Waals surface area contributed by atoms with Crippen LogP contribution in [0.4, 0.5) is 0 Å². The summed E-state index contributed by atoms with van der Waals surface area (Å²) in [6, 6.07) is 5.70. The zero-order valence-corrected chi connectivity index (χ0v) is 10.2. The van der Waals surface area contributed by atoms with Crippen LogP contribution in [-0.2, 0) is 9.53 Å². The van der Waals surface area contributed by atoms with Gasteiger partial charge in [-0.05, 0) is 24.6 Å². The lowest BCUT2D eigenvalue weighted by Crippen LogP contribution is -2.09. The molecule has 1 fully saturated rings. The van der Waals surface area contributed by atoms with E-state index in [9.17, 15) is 4.79 Å². The molecule has 1 saturated heterocycles. The Morgan fingerprint density at radius 3 is 2.47 bits per heavy atom. The molecule has 1 unspecified atom stereocenters. The number of hydrogen-bond donors (Lipinski definition) is 0. The molecule has 0 bridgehead atoms. The van der Waals surface area contributed by atoms with Crippen LogP contribution in [0.1, 0.15) is 24.8 Å². The number of carbonyl (C=O) groups excluding carboxylic acids is 1. The molecule has 1 heterocycles. The fourth-order valence-electron chi connectivity index (χ4n) is 2.16. The Balaban J connectivity index is 2.30. The lowest BCUT2D eigenvalue weighted by atomic mass is 9.93. The second-order valence-corrected chi connectivity index (χ2v) is 4.12. The maximum atomic E-state index is 11.2. The summed E-state index contributed by atoms with van der Waals surface area (Å²) >= 11 is 0. The van der Waals surface area contributed by atoms with Gasteiger partial charge in [-0.1, -0.05) is 6.07 Å². The molecule has 1 aliphatic rings. The van der Waals surface area contributed by atoms with E-state index in [1.54, 1.807) is 14.2 Å². The molecule has 17 heavy (non-hydrogen) atoms. The van der Waals surface area contributed by atoms with Crippen molar-refractivity contribution in [1.29, 1.82) is 0 Å². The van der Waals surface area contributed by atoms with Gasteiger partial charge in [-0.15, -0.1) is 0 Å². The second kappa shape index (κ2) is 4.65. The topological polar surface area (TPSA) is 44.8 Å². The third-order valence-corrected chi connectivity index (χ3v) is 3.11. The van der Waals surface area contributed by atoms with E-state index in [0.717, 1.165) is 5.56 Å². The monoisotopic (exact) mass is 236 g/mol. The molecule has 0 radical (unpaired) electrons. The van der Waals surface area contributed by atoms with Crippen molar-refractivity contribution in [3.8, 4) is 11.5 Å². The van der Waals surface area contributed by atoms with Crippen LogP contribution in [0.25, 0.3) is 0 Å². The minimum absolute atomic E-state index is 0.0828. The predicted octanol–water partition coefficient (Wildman–Crippen LogP) is 2.12. The predicted molar refractivity (Wildman–Crippen MR) is 62.5 cm³/mol. The summed E-state index contributed by atoms with van der Waals surface area (Å²) in [4.78, 5) is 11.2. The molecule has 1 aromatic rings. The molecule has 1 aliphatic heterocycles. The zero-order valence-electron chi connectivity index (χ0n) is 10.2. The number of ether oxygens (including phenoxy) is 3. The summed E-state index contributed by atoms with van der Waals surface area (Å²) < 4.78 is 15.6. The number of esters is 1. The summed E-state index contributed by atoms with van der Waals surface area (Å²) in [6.07, 6.45) is 0.344. The van der Waals surface area contributed by atoms with Gasteiger partial charge in [0.2, 0.25) is 0 Å². The maximum Gasteiger partial charge on any atom is 0.306 e. The molecule has 2 rings (SSSR count). The molecule has 0 N–H and O–H groups in total. The standard InChI is InChI=1S/C13H16O4/c1-8-10(7-13(14)17-8)9-4-5-11(15-2)12(6-9)16-3/h4-6,8,10H,7H2,1-3H3/t8?,10-/m0/s1. The third-order valence-electron chi connectivity index (χ3n) is 3.11. The van der Waals surface area contributed by atoms with E-state index in [4.69, 9.17) is 14.2 Å². The molecule has 1 aromatic carbocycles. The van der Waals surface area contributed by atoms with Crippen molar-refractivity contribution < 1.29 is 19.0 Å². The number of rotatable bonds is 3. The highest BCUT2D eigenvalue weighted by Crippen LogP contribution is 2.36. The Labute approximate surface area is 100 Å². The summed E-state index contributed by atoms with van der Waals surface area (Å²) in [5, 5.41) is 0. The van der Waals surface area contributed by atoms with E-state index in [0.29, 0.717) is 17.9 Å². The summed E-state index contributed by atoms with van der Waals surface area (Å²) in [6.45, 7) is 1.91. The van der Waals surface area contributed by atoms with Gasteiger partial charge in [0, 0.05) is 5.92 Å². The van der Waals surface area contributed by atoms with Crippen LogP contribution in [-0.4, -0.2) is 26.3 Å². The SMILES string of the molecule is COc1ccc([C@H]2CC(=O)OC2C)cc1OC. The molecule has 4 heteroatoms. The van der Waals surface area contributed by atoms with E-state index < -0.39 is 0 Å². The molecular formula is C13H16O4. The number of carbonyl (C=O) groups is 1. The Bertz CT molecular complexity index is 427. The van der Waals surface area contributed by atoms with Crippen LogP contribution < -0.4 is 9.47 Å². The molecule has 2 atom stereocenters. The van der Waals surface area contributed by atoms with Crippen LogP contribution >= 0.6 is 0 Å². The van der Waals surface area contributed by atoms with Crippen molar-refractivity contribution >= 4 is 5.97 Å².